The van der Waals surface area contributed by atoms with E-state index in [1.807, 2.05) is 37.9 Å². The molecule has 2 bridgehead atoms. The lowest BCUT2D eigenvalue weighted by Crippen LogP contribution is -2.52. The summed E-state index contributed by atoms with van der Waals surface area (Å²) in [5, 5.41) is 0. The summed E-state index contributed by atoms with van der Waals surface area (Å²) >= 11 is 0. The molecule has 1 aliphatic carbocycles. The number of morpholine rings is 1. The molecular formula is C31H42N4O3. The average Bonchev–Trinajstić information content (AvgIpc) is 3.23. The van der Waals surface area contributed by atoms with Gasteiger partial charge in [-0.25, -0.2) is 4.79 Å². The van der Waals surface area contributed by atoms with E-state index in [-0.39, 0.29) is 18.2 Å². The molecule has 4 heterocycles. The zero-order chi connectivity index (χ0) is 26.4. The van der Waals surface area contributed by atoms with Crippen molar-refractivity contribution < 1.29 is 14.3 Å². The number of anilines is 1. The highest BCUT2D eigenvalue weighted by atomic mass is 16.6. The molecule has 0 radical (unpaired) electrons. The first-order valence-electron chi connectivity index (χ1n) is 14.4. The Kier molecular flexibility index (Phi) is 6.85. The number of carbonyl (C=O) groups is 1. The first-order valence-corrected chi connectivity index (χ1v) is 14.4. The Morgan fingerprint density at radius 2 is 1.87 bits per heavy atom. The van der Waals surface area contributed by atoms with E-state index in [1.165, 1.54) is 34.5 Å². The Balaban J connectivity index is 1.29. The third-order valence-electron chi connectivity index (χ3n) is 8.68. The van der Waals surface area contributed by atoms with Crippen molar-refractivity contribution in [3.05, 3.63) is 58.9 Å². The van der Waals surface area contributed by atoms with Crippen LogP contribution in [0, 0.1) is 0 Å². The second-order valence-electron chi connectivity index (χ2n) is 12.6. The van der Waals surface area contributed by atoms with Crippen molar-refractivity contribution in [1.82, 2.24) is 14.8 Å². The minimum atomic E-state index is -0.533. The summed E-state index contributed by atoms with van der Waals surface area (Å²) < 4.78 is 12.1. The fraction of sp³-hybridized carbons (Fsp3) is 0.613. The fourth-order valence-corrected chi connectivity index (χ4v) is 6.94. The molecule has 2 fully saturated rings. The molecule has 2 saturated heterocycles. The second-order valence-corrected chi connectivity index (χ2v) is 12.6. The highest BCUT2D eigenvalue weighted by Crippen LogP contribution is 2.38. The van der Waals surface area contributed by atoms with Gasteiger partial charge in [-0.3, -0.25) is 14.8 Å². The third kappa shape index (κ3) is 5.15. The molecule has 0 unspecified atom stereocenters. The Morgan fingerprint density at radius 1 is 1.11 bits per heavy atom. The lowest BCUT2D eigenvalue weighted by molar-refractivity contribution is 0.00642. The molecule has 7 nitrogen and oxygen atoms in total. The largest absolute Gasteiger partial charge is 0.444 e. The van der Waals surface area contributed by atoms with E-state index < -0.39 is 5.60 Å². The quantitative estimate of drug-likeness (QED) is 0.560. The smallest absolute Gasteiger partial charge is 0.410 e. The van der Waals surface area contributed by atoms with Gasteiger partial charge in [0.15, 0.2) is 0 Å². The topological polar surface area (TPSA) is 58.1 Å². The van der Waals surface area contributed by atoms with E-state index in [9.17, 15) is 4.79 Å². The SMILES string of the molecule is CN(C[C@H]1Cc2c(cccc2N2C[C@H]3CC[C@@H](C2)O3)CN1C(=O)OC(C)(C)C)[C@H]1CCCc2cccnc21. The minimum absolute atomic E-state index is 0.0235. The summed E-state index contributed by atoms with van der Waals surface area (Å²) in [5.41, 5.74) is 5.96. The van der Waals surface area contributed by atoms with Gasteiger partial charge >= 0.3 is 6.09 Å². The second kappa shape index (κ2) is 10.2. The van der Waals surface area contributed by atoms with Crippen LogP contribution in [0.15, 0.2) is 36.5 Å². The van der Waals surface area contributed by atoms with Gasteiger partial charge < -0.3 is 14.4 Å². The van der Waals surface area contributed by atoms with Gasteiger partial charge in [-0.2, -0.15) is 0 Å². The van der Waals surface area contributed by atoms with Gasteiger partial charge in [-0.15, -0.1) is 0 Å². The zero-order valence-corrected chi connectivity index (χ0v) is 23.4. The number of hydrogen-bond acceptors (Lipinski definition) is 6. The van der Waals surface area contributed by atoms with Crippen molar-refractivity contribution in [3.8, 4) is 0 Å². The average molecular weight is 519 g/mol. The molecule has 0 saturated carbocycles. The number of likely N-dealkylation sites (N-methyl/N-ethyl adjacent to an activating group) is 1. The normalized spacial score (nSPS) is 26.8. The number of aromatic nitrogens is 1. The summed E-state index contributed by atoms with van der Waals surface area (Å²) in [6.45, 7) is 9.10. The molecule has 6 rings (SSSR count). The molecular weight excluding hydrogens is 476 g/mol. The van der Waals surface area contributed by atoms with Gasteiger partial charge in [0, 0.05) is 38.1 Å². The molecule has 204 valence electrons. The summed E-state index contributed by atoms with van der Waals surface area (Å²) in [6, 6.07) is 11.2. The van der Waals surface area contributed by atoms with Crippen LogP contribution in [-0.4, -0.2) is 71.4 Å². The first-order chi connectivity index (χ1) is 18.2. The number of benzene rings is 1. The minimum Gasteiger partial charge on any atom is -0.444 e. The van der Waals surface area contributed by atoms with Gasteiger partial charge in [0.1, 0.15) is 5.60 Å². The number of hydrogen-bond donors (Lipinski definition) is 0. The van der Waals surface area contributed by atoms with Gasteiger partial charge in [0.2, 0.25) is 0 Å². The standard InChI is InChI=1S/C31H42N4O3/c1-31(2,3)38-30(36)35-17-22-9-6-11-27(34-19-24-13-14-25(20-34)37-24)26(22)16-23(35)18-33(4)28-12-5-8-21-10-7-15-32-29(21)28/h6-7,9-11,15,23-25,28H,5,8,12-14,16-20H2,1-4H3/t23-,24-,25+,28+/m1/s1. The molecule has 0 N–H and O–H groups in total. The Bertz CT molecular complexity index is 1170. The van der Waals surface area contributed by atoms with Gasteiger partial charge in [-0.1, -0.05) is 18.2 Å². The summed E-state index contributed by atoms with van der Waals surface area (Å²) in [4.78, 5) is 25.2. The first kappa shape index (κ1) is 25.6. The van der Waals surface area contributed by atoms with E-state index in [4.69, 9.17) is 14.5 Å². The van der Waals surface area contributed by atoms with E-state index >= 15 is 0 Å². The predicted molar refractivity (Wildman–Crippen MR) is 148 cm³/mol. The molecule has 4 aliphatic rings. The zero-order valence-electron chi connectivity index (χ0n) is 23.4. The van der Waals surface area contributed by atoms with Crippen LogP contribution in [-0.2, 0) is 28.9 Å². The summed E-state index contributed by atoms with van der Waals surface area (Å²) in [7, 11) is 2.20. The Hall–Kier alpha value is -2.64. The van der Waals surface area contributed by atoms with Crippen LogP contribution in [0.4, 0.5) is 10.5 Å². The predicted octanol–water partition coefficient (Wildman–Crippen LogP) is 5.12. The molecule has 1 aromatic heterocycles. The molecule has 2 aromatic rings. The van der Waals surface area contributed by atoms with E-state index in [1.54, 1.807) is 0 Å². The van der Waals surface area contributed by atoms with Crippen molar-refractivity contribution in [1.29, 1.82) is 0 Å². The van der Waals surface area contributed by atoms with Crippen molar-refractivity contribution in [2.24, 2.45) is 0 Å². The highest BCUT2D eigenvalue weighted by molar-refractivity contribution is 5.70. The summed E-state index contributed by atoms with van der Waals surface area (Å²) in [5.74, 6) is 0. The van der Waals surface area contributed by atoms with Crippen LogP contribution in [0.1, 0.15) is 74.9 Å². The number of carbonyl (C=O) groups excluding carboxylic acids is 1. The molecule has 3 aliphatic heterocycles. The third-order valence-corrected chi connectivity index (χ3v) is 8.68. The molecule has 1 aromatic carbocycles. The van der Waals surface area contributed by atoms with Crippen molar-refractivity contribution >= 4 is 11.8 Å². The van der Waals surface area contributed by atoms with Gasteiger partial charge in [-0.05, 0) is 95.2 Å². The van der Waals surface area contributed by atoms with Crippen LogP contribution in [0.3, 0.4) is 0 Å². The number of amides is 1. The Morgan fingerprint density at radius 3 is 2.63 bits per heavy atom. The maximum atomic E-state index is 13.5. The molecule has 7 heteroatoms. The summed E-state index contributed by atoms with van der Waals surface area (Å²) in [6.07, 6.45) is 8.87. The molecule has 0 spiro atoms. The van der Waals surface area contributed by atoms with Crippen LogP contribution < -0.4 is 4.90 Å². The number of fused-ring (bicyclic) bond motifs is 4. The number of ether oxygens (including phenoxy) is 2. The number of nitrogens with zero attached hydrogens (tertiary/aromatic N) is 4. The number of rotatable bonds is 4. The molecule has 38 heavy (non-hydrogen) atoms. The van der Waals surface area contributed by atoms with Crippen molar-refractivity contribution in [2.45, 2.75) is 95.7 Å². The lowest BCUT2D eigenvalue weighted by Gasteiger charge is -2.43. The van der Waals surface area contributed by atoms with Gasteiger partial charge in [0.25, 0.3) is 0 Å². The lowest BCUT2D eigenvalue weighted by atomic mass is 9.89. The van der Waals surface area contributed by atoms with Crippen molar-refractivity contribution in [2.75, 3.05) is 31.6 Å². The number of pyridine rings is 1. The van der Waals surface area contributed by atoms with E-state index in [2.05, 4.69) is 41.1 Å². The maximum Gasteiger partial charge on any atom is 0.410 e. The van der Waals surface area contributed by atoms with Crippen LogP contribution in [0.5, 0.6) is 0 Å². The monoisotopic (exact) mass is 518 g/mol. The van der Waals surface area contributed by atoms with E-state index in [0.29, 0.717) is 18.8 Å². The van der Waals surface area contributed by atoms with Crippen LogP contribution >= 0.6 is 0 Å². The molecule has 4 atom stereocenters. The maximum absolute atomic E-state index is 13.5. The van der Waals surface area contributed by atoms with Crippen LogP contribution in [0.2, 0.25) is 0 Å². The van der Waals surface area contributed by atoms with Crippen molar-refractivity contribution in [3.63, 3.8) is 0 Å². The van der Waals surface area contributed by atoms with Crippen LogP contribution in [0.25, 0.3) is 0 Å². The highest BCUT2D eigenvalue weighted by Gasteiger charge is 2.39. The number of aryl methyl sites for hydroxylation is 1. The molecule has 1 amide bonds. The Labute approximate surface area is 227 Å². The van der Waals surface area contributed by atoms with Gasteiger partial charge in [0.05, 0.1) is 30.0 Å². The van der Waals surface area contributed by atoms with E-state index in [0.717, 1.165) is 51.7 Å². The fourth-order valence-electron chi connectivity index (χ4n) is 6.94.